The zero-order valence-corrected chi connectivity index (χ0v) is 15.8. The molecule has 2 N–H and O–H groups in total. The van der Waals surface area contributed by atoms with Crippen LogP contribution in [0.4, 0.5) is 0 Å². The summed E-state index contributed by atoms with van der Waals surface area (Å²) in [6.07, 6.45) is 8.04. The second-order valence-electron chi connectivity index (χ2n) is 7.44. The van der Waals surface area contributed by atoms with Gasteiger partial charge in [-0.3, -0.25) is 4.90 Å². The first-order valence-electron chi connectivity index (χ1n) is 10.1. The lowest BCUT2D eigenvalue weighted by Gasteiger charge is -2.30. The molecule has 26 heavy (non-hydrogen) atoms. The number of ether oxygens (including phenoxy) is 1. The smallest absolute Gasteiger partial charge is 0.127 e. The number of nitrogens with zero attached hydrogens (tertiary/aromatic N) is 1. The van der Waals surface area contributed by atoms with Crippen molar-refractivity contribution in [2.75, 3.05) is 19.6 Å². The van der Waals surface area contributed by atoms with Crippen molar-refractivity contribution >= 4 is 0 Å². The van der Waals surface area contributed by atoms with E-state index in [-0.39, 0.29) is 0 Å². The lowest BCUT2D eigenvalue weighted by atomic mass is 9.89. The average molecular weight is 353 g/mol. The lowest BCUT2D eigenvalue weighted by molar-refractivity contribution is 0.193. The maximum absolute atomic E-state index is 5.99. The van der Waals surface area contributed by atoms with E-state index in [1.54, 1.807) is 0 Å². The van der Waals surface area contributed by atoms with Gasteiger partial charge in [0.2, 0.25) is 0 Å². The summed E-state index contributed by atoms with van der Waals surface area (Å²) in [5.41, 5.74) is 7.08. The molecule has 140 valence electrons. The van der Waals surface area contributed by atoms with Gasteiger partial charge in [-0.05, 0) is 68.1 Å². The Morgan fingerprint density at radius 2 is 1.69 bits per heavy atom. The van der Waals surface area contributed by atoms with Gasteiger partial charge in [0.05, 0.1) is 0 Å². The van der Waals surface area contributed by atoms with Crippen LogP contribution in [-0.2, 0) is 6.54 Å². The van der Waals surface area contributed by atoms with E-state index in [0.29, 0.717) is 0 Å². The summed E-state index contributed by atoms with van der Waals surface area (Å²) >= 11 is 0. The Bertz CT molecular complexity index is 638. The maximum Gasteiger partial charge on any atom is 0.127 e. The summed E-state index contributed by atoms with van der Waals surface area (Å²) in [5.74, 6) is 2.64. The quantitative estimate of drug-likeness (QED) is 0.673. The number of nitrogens with two attached hydrogens (primary N) is 1. The molecule has 1 aliphatic rings. The standard InChI is InChI=1S/C23H32N2O/c24-15-8-16-25(18-20-9-3-1-4-10-20)19-21-11-7-14-23(17-21)26-22-12-5-2-6-13-22/h2,5-7,11-14,17,20H,1,3-4,8-10,15-16,18-19,24H2. The van der Waals surface area contributed by atoms with Gasteiger partial charge >= 0.3 is 0 Å². The third-order valence-corrected chi connectivity index (χ3v) is 5.20. The van der Waals surface area contributed by atoms with Crippen LogP contribution in [0.1, 0.15) is 44.1 Å². The highest BCUT2D eigenvalue weighted by atomic mass is 16.5. The van der Waals surface area contributed by atoms with Gasteiger partial charge in [0, 0.05) is 13.1 Å². The summed E-state index contributed by atoms with van der Waals surface area (Å²) in [7, 11) is 0. The maximum atomic E-state index is 5.99. The molecule has 1 fully saturated rings. The Morgan fingerprint density at radius 1 is 0.923 bits per heavy atom. The Morgan fingerprint density at radius 3 is 2.46 bits per heavy atom. The second kappa shape index (κ2) is 10.3. The number of benzene rings is 2. The van der Waals surface area contributed by atoms with Crippen molar-refractivity contribution in [3.63, 3.8) is 0 Å². The van der Waals surface area contributed by atoms with E-state index in [9.17, 15) is 0 Å². The van der Waals surface area contributed by atoms with Crippen molar-refractivity contribution in [3.05, 3.63) is 60.2 Å². The van der Waals surface area contributed by atoms with Gasteiger partial charge in [-0.1, -0.05) is 49.6 Å². The highest BCUT2D eigenvalue weighted by molar-refractivity contribution is 5.33. The fourth-order valence-electron chi connectivity index (χ4n) is 3.87. The van der Waals surface area contributed by atoms with Gasteiger partial charge < -0.3 is 10.5 Å². The van der Waals surface area contributed by atoms with Crippen molar-refractivity contribution < 1.29 is 4.74 Å². The zero-order chi connectivity index (χ0) is 18.0. The normalized spacial score (nSPS) is 15.3. The monoisotopic (exact) mass is 352 g/mol. The molecule has 0 atom stereocenters. The van der Waals surface area contributed by atoms with Crippen LogP contribution >= 0.6 is 0 Å². The van der Waals surface area contributed by atoms with Gasteiger partial charge in [-0.2, -0.15) is 0 Å². The van der Waals surface area contributed by atoms with E-state index in [2.05, 4.69) is 23.1 Å². The van der Waals surface area contributed by atoms with Crippen LogP contribution in [-0.4, -0.2) is 24.5 Å². The Hall–Kier alpha value is -1.84. The average Bonchev–Trinajstić information content (AvgIpc) is 2.68. The minimum atomic E-state index is 0.762. The minimum absolute atomic E-state index is 0.762. The van der Waals surface area contributed by atoms with Crippen LogP contribution < -0.4 is 10.5 Å². The fraction of sp³-hybridized carbons (Fsp3) is 0.478. The number of hydrogen-bond donors (Lipinski definition) is 1. The molecule has 1 saturated carbocycles. The fourth-order valence-corrected chi connectivity index (χ4v) is 3.87. The second-order valence-corrected chi connectivity index (χ2v) is 7.44. The first kappa shape index (κ1) is 18.9. The molecule has 0 aliphatic heterocycles. The first-order chi connectivity index (χ1) is 12.8. The van der Waals surface area contributed by atoms with Crippen molar-refractivity contribution in [2.45, 2.75) is 45.1 Å². The summed E-state index contributed by atoms with van der Waals surface area (Å²) in [4.78, 5) is 2.59. The van der Waals surface area contributed by atoms with Crippen molar-refractivity contribution in [1.29, 1.82) is 0 Å². The molecule has 0 amide bonds. The predicted molar refractivity (Wildman–Crippen MR) is 108 cm³/mol. The van der Waals surface area contributed by atoms with Crippen LogP contribution in [0, 0.1) is 5.92 Å². The van der Waals surface area contributed by atoms with Crippen molar-refractivity contribution in [3.8, 4) is 11.5 Å². The number of para-hydroxylation sites is 1. The van der Waals surface area contributed by atoms with Crippen molar-refractivity contribution in [1.82, 2.24) is 4.90 Å². The number of rotatable bonds is 9. The first-order valence-corrected chi connectivity index (χ1v) is 10.1. The van der Waals surface area contributed by atoms with Crippen LogP contribution in [0.2, 0.25) is 0 Å². The van der Waals surface area contributed by atoms with Crippen LogP contribution in [0.25, 0.3) is 0 Å². The molecule has 2 aromatic carbocycles. The SMILES string of the molecule is NCCCN(Cc1cccc(Oc2ccccc2)c1)CC1CCCCC1. The van der Waals surface area contributed by atoms with E-state index >= 15 is 0 Å². The molecule has 3 heteroatoms. The highest BCUT2D eigenvalue weighted by Gasteiger charge is 2.17. The molecule has 0 spiro atoms. The molecular weight excluding hydrogens is 320 g/mol. The van der Waals surface area contributed by atoms with Gasteiger partial charge in [0.15, 0.2) is 0 Å². The minimum Gasteiger partial charge on any atom is -0.457 e. The van der Waals surface area contributed by atoms with Gasteiger partial charge in [0.25, 0.3) is 0 Å². The third-order valence-electron chi connectivity index (χ3n) is 5.20. The molecular formula is C23H32N2O. The zero-order valence-electron chi connectivity index (χ0n) is 15.8. The summed E-state index contributed by atoms with van der Waals surface area (Å²) in [6.45, 7) is 4.02. The van der Waals surface area contributed by atoms with E-state index in [1.165, 1.54) is 44.2 Å². The largest absolute Gasteiger partial charge is 0.457 e. The van der Waals surface area contributed by atoms with Crippen LogP contribution in [0.15, 0.2) is 54.6 Å². The predicted octanol–water partition coefficient (Wildman–Crippen LogP) is 5.21. The summed E-state index contributed by atoms with van der Waals surface area (Å²) < 4.78 is 5.99. The van der Waals surface area contributed by atoms with E-state index in [1.807, 2.05) is 36.4 Å². The Labute approximate surface area is 158 Å². The molecule has 1 aliphatic carbocycles. The Kier molecular flexibility index (Phi) is 7.53. The molecule has 0 unspecified atom stereocenters. The molecule has 0 heterocycles. The molecule has 0 aromatic heterocycles. The van der Waals surface area contributed by atoms with E-state index < -0.39 is 0 Å². The van der Waals surface area contributed by atoms with Crippen molar-refractivity contribution in [2.24, 2.45) is 11.7 Å². The van der Waals surface area contributed by atoms with Gasteiger partial charge in [-0.25, -0.2) is 0 Å². The van der Waals surface area contributed by atoms with Crippen LogP contribution in [0.5, 0.6) is 11.5 Å². The van der Waals surface area contributed by atoms with Gasteiger partial charge in [-0.15, -0.1) is 0 Å². The molecule has 2 aromatic rings. The Balaban J connectivity index is 1.62. The molecule has 3 nitrogen and oxygen atoms in total. The molecule has 0 saturated heterocycles. The summed E-state index contributed by atoms with van der Waals surface area (Å²) in [5, 5.41) is 0. The van der Waals surface area contributed by atoms with E-state index in [0.717, 1.165) is 43.5 Å². The summed E-state index contributed by atoms with van der Waals surface area (Å²) in [6, 6.07) is 18.5. The molecule has 0 bridgehead atoms. The highest BCUT2D eigenvalue weighted by Crippen LogP contribution is 2.26. The van der Waals surface area contributed by atoms with Gasteiger partial charge in [0.1, 0.15) is 11.5 Å². The number of hydrogen-bond acceptors (Lipinski definition) is 3. The van der Waals surface area contributed by atoms with E-state index in [4.69, 9.17) is 10.5 Å². The topological polar surface area (TPSA) is 38.5 Å². The molecule has 0 radical (unpaired) electrons. The lowest BCUT2D eigenvalue weighted by Crippen LogP contribution is -2.32. The third kappa shape index (κ3) is 6.15. The van der Waals surface area contributed by atoms with Crippen LogP contribution in [0.3, 0.4) is 0 Å². The molecule has 3 rings (SSSR count).